The Hall–Kier alpha value is -1.86. The summed E-state index contributed by atoms with van der Waals surface area (Å²) < 4.78 is 0. The number of hydrogen-bond donors (Lipinski definition) is 0. The lowest BCUT2D eigenvalue weighted by molar-refractivity contribution is 1.25. The summed E-state index contributed by atoms with van der Waals surface area (Å²) in [6.07, 6.45) is 7.09. The van der Waals surface area contributed by atoms with Crippen molar-refractivity contribution in [3.63, 3.8) is 0 Å². The van der Waals surface area contributed by atoms with E-state index in [-0.39, 0.29) is 0 Å². The smallest absolute Gasteiger partial charge is 0.0772 e. The van der Waals surface area contributed by atoms with Gasteiger partial charge in [-0.3, -0.25) is 0 Å². The molecule has 0 fully saturated rings. The van der Waals surface area contributed by atoms with E-state index < -0.39 is 8.07 Å². The van der Waals surface area contributed by atoms with Crippen LogP contribution in [0.1, 0.15) is 23.1 Å². The predicted octanol–water partition coefficient (Wildman–Crippen LogP) is 5.85. The maximum Gasteiger partial charge on any atom is 0.0772 e. The molecule has 0 saturated carbocycles. The van der Waals surface area contributed by atoms with Gasteiger partial charge in [0.05, 0.1) is 8.07 Å². The second-order valence-electron chi connectivity index (χ2n) is 7.49. The van der Waals surface area contributed by atoms with Gasteiger partial charge in [-0.1, -0.05) is 79.5 Å². The highest BCUT2D eigenvalue weighted by atomic mass is 28.3. The summed E-state index contributed by atoms with van der Waals surface area (Å²) in [6, 6.07) is 15.9. The largest absolute Gasteiger partial charge is 0.0808 e. The summed E-state index contributed by atoms with van der Waals surface area (Å²) >= 11 is 0. The van der Waals surface area contributed by atoms with Gasteiger partial charge in [-0.25, -0.2) is 0 Å². The Bertz CT molecular complexity index is 816. The molecule has 0 aromatic heterocycles. The van der Waals surface area contributed by atoms with Crippen LogP contribution in [0.4, 0.5) is 0 Å². The van der Waals surface area contributed by atoms with Crippen LogP contribution >= 0.6 is 0 Å². The Balaban J connectivity index is 1.69. The summed E-state index contributed by atoms with van der Waals surface area (Å²) in [4.78, 5) is 0. The second-order valence-corrected chi connectivity index (χ2v) is 12.6. The maximum absolute atomic E-state index is 2.45. The molecule has 0 spiro atoms. The van der Waals surface area contributed by atoms with Crippen LogP contribution in [0.3, 0.4) is 0 Å². The molecule has 0 radical (unpaired) electrons. The van der Waals surface area contributed by atoms with Crippen molar-refractivity contribution in [3.8, 4) is 11.1 Å². The highest BCUT2D eigenvalue weighted by Gasteiger charge is 2.23. The van der Waals surface area contributed by atoms with E-state index in [9.17, 15) is 0 Å². The van der Waals surface area contributed by atoms with Crippen molar-refractivity contribution in [1.29, 1.82) is 0 Å². The number of hydrogen-bond acceptors (Lipinski definition) is 0. The summed E-state index contributed by atoms with van der Waals surface area (Å²) in [5.41, 5.74) is 8.71. The minimum absolute atomic E-state index is 1.08. The van der Waals surface area contributed by atoms with Gasteiger partial charge in [-0.15, -0.1) is 0 Å². The molecule has 0 unspecified atom stereocenters. The highest BCUT2D eigenvalue weighted by molar-refractivity contribution is 6.84. The van der Waals surface area contributed by atoms with Gasteiger partial charge in [0, 0.05) is 0 Å². The quantitative estimate of drug-likeness (QED) is 0.521. The molecule has 2 aromatic carbocycles. The summed E-state index contributed by atoms with van der Waals surface area (Å²) in [7, 11) is -1.19. The summed E-state index contributed by atoms with van der Waals surface area (Å²) in [5, 5.41) is 1.60. The van der Waals surface area contributed by atoms with Crippen molar-refractivity contribution in [2.75, 3.05) is 0 Å². The third-order valence-corrected chi connectivity index (χ3v) is 6.98. The molecule has 2 aromatic rings. The molecule has 2 aliphatic rings. The Morgan fingerprint density at radius 3 is 2.41 bits per heavy atom. The minimum atomic E-state index is -1.19. The maximum atomic E-state index is 2.45. The van der Waals surface area contributed by atoms with Crippen LogP contribution in [0.25, 0.3) is 16.7 Å². The molecule has 1 heteroatoms. The monoisotopic (exact) mass is 302 g/mol. The first kappa shape index (κ1) is 13.8. The number of benzene rings is 2. The van der Waals surface area contributed by atoms with Crippen molar-refractivity contribution in [2.24, 2.45) is 0 Å². The molecule has 22 heavy (non-hydrogen) atoms. The molecule has 0 atom stereocenters. The highest BCUT2D eigenvalue weighted by Crippen LogP contribution is 2.39. The number of rotatable bonds is 2. The molecular formula is C21H22Si. The standard InChI is InChI=1S/C21H22Si/c1-22(2,3)19-10-8-16(14-19)15-9-11-21-18(12-15)13-17-6-4-5-7-20(17)21/h4-7,9-12,14H,8,13H2,1-3H3. The van der Waals surface area contributed by atoms with Gasteiger partial charge < -0.3 is 0 Å². The Kier molecular flexibility index (Phi) is 3.02. The second kappa shape index (κ2) is 4.82. The molecule has 4 rings (SSSR count). The van der Waals surface area contributed by atoms with E-state index in [1.165, 1.54) is 33.4 Å². The fourth-order valence-corrected chi connectivity index (χ4v) is 4.92. The summed E-state index contributed by atoms with van der Waals surface area (Å²) in [6.45, 7) is 7.28. The topological polar surface area (TPSA) is 0 Å². The van der Waals surface area contributed by atoms with E-state index in [0.29, 0.717) is 0 Å². The van der Waals surface area contributed by atoms with Crippen molar-refractivity contribution in [1.82, 2.24) is 0 Å². The average Bonchev–Trinajstić information content (AvgIpc) is 3.11. The van der Waals surface area contributed by atoms with E-state index in [4.69, 9.17) is 0 Å². The van der Waals surface area contributed by atoms with Crippen LogP contribution in [0, 0.1) is 0 Å². The van der Waals surface area contributed by atoms with Gasteiger partial charge in [0.15, 0.2) is 0 Å². The van der Waals surface area contributed by atoms with Gasteiger partial charge in [-0.2, -0.15) is 0 Å². The summed E-state index contributed by atoms with van der Waals surface area (Å²) in [5.74, 6) is 0. The lowest BCUT2D eigenvalue weighted by Gasteiger charge is -2.15. The van der Waals surface area contributed by atoms with Crippen LogP contribution in [-0.4, -0.2) is 8.07 Å². The van der Waals surface area contributed by atoms with Gasteiger partial charge in [-0.05, 0) is 46.2 Å². The van der Waals surface area contributed by atoms with Crippen molar-refractivity contribution in [3.05, 3.63) is 76.5 Å². The van der Waals surface area contributed by atoms with E-state index in [1.54, 1.807) is 5.20 Å². The minimum Gasteiger partial charge on any atom is -0.0808 e. The molecule has 0 aliphatic heterocycles. The molecule has 0 bridgehead atoms. The molecule has 0 N–H and O–H groups in total. The first-order valence-corrected chi connectivity index (χ1v) is 11.7. The molecule has 2 aliphatic carbocycles. The first-order valence-electron chi connectivity index (χ1n) is 8.15. The van der Waals surface area contributed by atoms with Crippen LogP contribution in [0.2, 0.25) is 19.6 Å². The Morgan fingerprint density at radius 2 is 1.64 bits per heavy atom. The fraction of sp³-hybridized carbons (Fsp3) is 0.238. The zero-order valence-electron chi connectivity index (χ0n) is 13.6. The Morgan fingerprint density at radius 1 is 0.864 bits per heavy atom. The van der Waals surface area contributed by atoms with Gasteiger partial charge in [0.2, 0.25) is 0 Å². The van der Waals surface area contributed by atoms with Crippen molar-refractivity contribution < 1.29 is 0 Å². The lowest BCUT2D eigenvalue weighted by atomic mass is 9.99. The van der Waals surface area contributed by atoms with Crippen LogP contribution in [0.5, 0.6) is 0 Å². The van der Waals surface area contributed by atoms with Crippen LogP contribution in [-0.2, 0) is 6.42 Å². The zero-order valence-corrected chi connectivity index (χ0v) is 14.6. The number of allylic oxidation sites excluding steroid dienone is 4. The molecule has 0 amide bonds. The third-order valence-electron chi connectivity index (χ3n) is 4.90. The average molecular weight is 302 g/mol. The third kappa shape index (κ3) is 2.21. The van der Waals surface area contributed by atoms with E-state index in [2.05, 4.69) is 74.3 Å². The fourth-order valence-electron chi connectivity index (χ4n) is 3.59. The number of fused-ring (bicyclic) bond motifs is 3. The SMILES string of the molecule is C[Si](C)(C)C1=CCC(c2ccc3c(c2)Cc2ccccc2-3)=C1. The molecule has 0 saturated heterocycles. The van der Waals surface area contributed by atoms with Gasteiger partial charge >= 0.3 is 0 Å². The predicted molar refractivity (Wildman–Crippen MR) is 98.7 cm³/mol. The van der Waals surface area contributed by atoms with Gasteiger partial charge in [0.25, 0.3) is 0 Å². The molecule has 0 nitrogen and oxygen atoms in total. The molecule has 0 heterocycles. The van der Waals surface area contributed by atoms with E-state index in [0.717, 1.165) is 12.8 Å². The molecular weight excluding hydrogens is 280 g/mol. The van der Waals surface area contributed by atoms with Gasteiger partial charge in [0.1, 0.15) is 0 Å². The van der Waals surface area contributed by atoms with Crippen LogP contribution < -0.4 is 0 Å². The lowest BCUT2D eigenvalue weighted by Crippen LogP contribution is -2.21. The zero-order chi connectivity index (χ0) is 15.3. The molecule has 110 valence electrons. The van der Waals surface area contributed by atoms with Crippen LogP contribution in [0.15, 0.2) is 59.8 Å². The van der Waals surface area contributed by atoms with E-state index >= 15 is 0 Å². The first-order chi connectivity index (χ1) is 10.5. The van der Waals surface area contributed by atoms with Crippen molar-refractivity contribution >= 4 is 13.6 Å². The Labute approximate surface area is 134 Å². The van der Waals surface area contributed by atoms with E-state index in [1.807, 2.05) is 0 Å². The van der Waals surface area contributed by atoms with Crippen molar-refractivity contribution in [2.45, 2.75) is 32.5 Å². The normalized spacial score (nSPS) is 16.1.